The largest absolute Gasteiger partial charge is 0.337 e. The lowest BCUT2D eigenvalue weighted by Gasteiger charge is -2.24. The van der Waals surface area contributed by atoms with Gasteiger partial charge in [-0.1, -0.05) is 56.0 Å². The van der Waals surface area contributed by atoms with Gasteiger partial charge in [0.15, 0.2) is 0 Å². The van der Waals surface area contributed by atoms with Crippen LogP contribution in [0.15, 0.2) is 30.3 Å². The summed E-state index contributed by atoms with van der Waals surface area (Å²) in [6.45, 7) is 1.87. The van der Waals surface area contributed by atoms with E-state index in [0.29, 0.717) is 32.0 Å². The molecule has 0 aromatic heterocycles. The fourth-order valence-electron chi connectivity index (χ4n) is 3.20. The van der Waals surface area contributed by atoms with Crippen LogP contribution in [0.2, 0.25) is 0 Å². The maximum Gasteiger partial charge on any atom is 0.223 e. The Bertz CT molecular complexity index is 410. The monoisotopic (exact) mass is 288 g/mol. The van der Waals surface area contributed by atoms with Crippen LogP contribution in [-0.4, -0.2) is 23.9 Å². The molecule has 1 aromatic rings. The standard InChI is InChI=1S/C18H28N2O/c19-12-13-20(15-17-10-6-3-7-11-17)18(21)14-16-8-4-1-2-5-9-16/h3,6-7,10-11,16H,1-2,4-5,8-9,12-15,19H2. The van der Waals surface area contributed by atoms with Gasteiger partial charge in [0.2, 0.25) is 5.91 Å². The summed E-state index contributed by atoms with van der Waals surface area (Å²) in [5, 5.41) is 0. The normalized spacial score (nSPS) is 16.4. The quantitative estimate of drug-likeness (QED) is 0.816. The lowest BCUT2D eigenvalue weighted by atomic mass is 9.96. The molecule has 21 heavy (non-hydrogen) atoms. The molecule has 3 heteroatoms. The summed E-state index contributed by atoms with van der Waals surface area (Å²) >= 11 is 0. The maximum absolute atomic E-state index is 12.6. The van der Waals surface area contributed by atoms with Crippen LogP contribution in [0.3, 0.4) is 0 Å². The Morgan fingerprint density at radius 2 is 1.76 bits per heavy atom. The summed E-state index contributed by atoms with van der Waals surface area (Å²) in [4.78, 5) is 14.5. The molecule has 0 spiro atoms. The number of rotatable bonds is 6. The molecule has 1 fully saturated rings. The third kappa shape index (κ3) is 5.50. The predicted octanol–water partition coefficient (Wildman–Crippen LogP) is 3.33. The zero-order valence-electron chi connectivity index (χ0n) is 13.0. The van der Waals surface area contributed by atoms with Gasteiger partial charge in [-0.25, -0.2) is 0 Å². The minimum Gasteiger partial charge on any atom is -0.337 e. The van der Waals surface area contributed by atoms with Crippen LogP contribution in [0.25, 0.3) is 0 Å². The van der Waals surface area contributed by atoms with Crippen molar-refractivity contribution in [2.45, 2.75) is 51.5 Å². The van der Waals surface area contributed by atoms with Gasteiger partial charge in [-0.05, 0) is 24.3 Å². The van der Waals surface area contributed by atoms with Gasteiger partial charge < -0.3 is 10.6 Å². The van der Waals surface area contributed by atoms with Crippen molar-refractivity contribution < 1.29 is 4.79 Å². The molecule has 116 valence electrons. The van der Waals surface area contributed by atoms with Gasteiger partial charge in [0.05, 0.1) is 0 Å². The highest BCUT2D eigenvalue weighted by Crippen LogP contribution is 2.26. The van der Waals surface area contributed by atoms with Crippen LogP contribution >= 0.6 is 0 Å². The molecule has 1 aromatic carbocycles. The average Bonchev–Trinajstić information content (AvgIpc) is 2.76. The van der Waals surface area contributed by atoms with Crippen LogP contribution in [0, 0.1) is 5.92 Å². The lowest BCUT2D eigenvalue weighted by Crippen LogP contribution is -2.35. The van der Waals surface area contributed by atoms with Gasteiger partial charge in [-0.2, -0.15) is 0 Å². The Morgan fingerprint density at radius 1 is 1.10 bits per heavy atom. The van der Waals surface area contributed by atoms with Crippen molar-refractivity contribution in [3.63, 3.8) is 0 Å². The number of benzene rings is 1. The fourth-order valence-corrected chi connectivity index (χ4v) is 3.20. The van der Waals surface area contributed by atoms with Gasteiger partial charge in [0.25, 0.3) is 0 Å². The first-order valence-electron chi connectivity index (χ1n) is 8.31. The first-order chi connectivity index (χ1) is 10.3. The van der Waals surface area contributed by atoms with E-state index in [4.69, 9.17) is 5.73 Å². The number of nitrogens with two attached hydrogens (primary N) is 1. The summed E-state index contributed by atoms with van der Waals surface area (Å²) in [5.41, 5.74) is 6.87. The Balaban J connectivity index is 1.91. The van der Waals surface area contributed by atoms with Crippen molar-refractivity contribution in [3.8, 4) is 0 Å². The number of nitrogens with zero attached hydrogens (tertiary/aromatic N) is 1. The zero-order valence-corrected chi connectivity index (χ0v) is 13.0. The van der Waals surface area contributed by atoms with E-state index in [0.717, 1.165) is 0 Å². The van der Waals surface area contributed by atoms with Gasteiger partial charge in [0.1, 0.15) is 0 Å². The van der Waals surface area contributed by atoms with Crippen molar-refractivity contribution in [2.75, 3.05) is 13.1 Å². The van der Waals surface area contributed by atoms with Crippen molar-refractivity contribution >= 4 is 5.91 Å². The second kappa shape index (κ2) is 8.83. The summed E-state index contributed by atoms with van der Waals surface area (Å²) in [6.07, 6.45) is 8.37. The van der Waals surface area contributed by atoms with Crippen LogP contribution in [0.4, 0.5) is 0 Å². The van der Waals surface area contributed by atoms with Crippen LogP contribution in [0.1, 0.15) is 50.5 Å². The molecule has 0 unspecified atom stereocenters. The van der Waals surface area contributed by atoms with Crippen LogP contribution in [-0.2, 0) is 11.3 Å². The molecule has 1 aliphatic carbocycles. The first-order valence-corrected chi connectivity index (χ1v) is 8.31. The summed E-state index contributed by atoms with van der Waals surface area (Å²) < 4.78 is 0. The number of carbonyl (C=O) groups excluding carboxylic acids is 1. The molecule has 1 amide bonds. The Morgan fingerprint density at radius 3 is 2.38 bits per heavy atom. The summed E-state index contributed by atoms with van der Waals surface area (Å²) in [7, 11) is 0. The minimum absolute atomic E-state index is 0.274. The summed E-state index contributed by atoms with van der Waals surface area (Å²) in [6, 6.07) is 10.2. The van der Waals surface area contributed by atoms with E-state index in [1.165, 1.54) is 44.1 Å². The number of amides is 1. The SMILES string of the molecule is NCCN(Cc1ccccc1)C(=O)CC1CCCCCC1. The van der Waals surface area contributed by atoms with Gasteiger partial charge in [-0.3, -0.25) is 4.79 Å². The number of carbonyl (C=O) groups is 1. The van der Waals surface area contributed by atoms with Crippen LogP contribution in [0.5, 0.6) is 0 Å². The molecule has 0 radical (unpaired) electrons. The maximum atomic E-state index is 12.6. The van der Waals surface area contributed by atoms with E-state index in [-0.39, 0.29) is 5.91 Å². The Kier molecular flexibility index (Phi) is 6.74. The van der Waals surface area contributed by atoms with E-state index in [2.05, 4.69) is 12.1 Å². The average molecular weight is 288 g/mol. The molecular weight excluding hydrogens is 260 g/mol. The molecule has 2 rings (SSSR count). The molecule has 0 atom stereocenters. The molecule has 0 saturated heterocycles. The zero-order chi connectivity index (χ0) is 14.9. The summed E-state index contributed by atoms with van der Waals surface area (Å²) in [5.74, 6) is 0.854. The third-order valence-electron chi connectivity index (χ3n) is 4.41. The van der Waals surface area contributed by atoms with Crippen molar-refractivity contribution in [1.82, 2.24) is 4.90 Å². The van der Waals surface area contributed by atoms with Gasteiger partial charge in [-0.15, -0.1) is 0 Å². The minimum atomic E-state index is 0.274. The molecule has 1 saturated carbocycles. The smallest absolute Gasteiger partial charge is 0.223 e. The topological polar surface area (TPSA) is 46.3 Å². The predicted molar refractivity (Wildman–Crippen MR) is 86.7 cm³/mol. The van der Waals surface area contributed by atoms with Crippen LogP contribution < -0.4 is 5.73 Å². The second-order valence-electron chi connectivity index (χ2n) is 6.15. The van der Waals surface area contributed by atoms with E-state index in [9.17, 15) is 4.79 Å². The molecule has 0 aliphatic heterocycles. The molecule has 3 nitrogen and oxygen atoms in total. The van der Waals surface area contributed by atoms with Gasteiger partial charge >= 0.3 is 0 Å². The molecule has 2 N–H and O–H groups in total. The van der Waals surface area contributed by atoms with Crippen molar-refractivity contribution in [3.05, 3.63) is 35.9 Å². The first kappa shape index (κ1) is 16.0. The second-order valence-corrected chi connectivity index (χ2v) is 6.15. The van der Waals surface area contributed by atoms with Gasteiger partial charge in [0, 0.05) is 26.1 Å². The molecule has 1 aliphatic rings. The number of hydrogen-bond donors (Lipinski definition) is 1. The highest BCUT2D eigenvalue weighted by molar-refractivity contribution is 5.76. The van der Waals surface area contributed by atoms with E-state index in [1.807, 2.05) is 23.1 Å². The third-order valence-corrected chi connectivity index (χ3v) is 4.41. The van der Waals surface area contributed by atoms with E-state index < -0.39 is 0 Å². The molecular formula is C18H28N2O. The fraction of sp³-hybridized carbons (Fsp3) is 0.611. The Labute approximate surface area is 128 Å². The Hall–Kier alpha value is -1.35. The lowest BCUT2D eigenvalue weighted by molar-refractivity contribution is -0.132. The highest BCUT2D eigenvalue weighted by Gasteiger charge is 2.20. The highest BCUT2D eigenvalue weighted by atomic mass is 16.2. The van der Waals surface area contributed by atoms with Crippen molar-refractivity contribution in [2.24, 2.45) is 11.7 Å². The van der Waals surface area contributed by atoms with E-state index in [1.54, 1.807) is 0 Å². The molecule has 0 bridgehead atoms. The van der Waals surface area contributed by atoms with Crippen molar-refractivity contribution in [1.29, 1.82) is 0 Å². The number of hydrogen-bond acceptors (Lipinski definition) is 2. The van der Waals surface area contributed by atoms with E-state index >= 15 is 0 Å². The molecule has 0 heterocycles.